The van der Waals surface area contributed by atoms with Crippen LogP contribution in [-0.2, 0) is 21.2 Å². The smallest absolute Gasteiger partial charge is 0.260 e. The molecule has 0 bridgehead atoms. The minimum atomic E-state index is -3.62. The van der Waals surface area contributed by atoms with Gasteiger partial charge in [-0.25, -0.2) is 8.42 Å². The lowest BCUT2D eigenvalue weighted by molar-refractivity contribution is -0.134. The first-order valence-corrected chi connectivity index (χ1v) is 11.0. The van der Waals surface area contributed by atoms with Crippen LogP contribution in [0.2, 0.25) is 5.02 Å². The first-order valence-electron chi connectivity index (χ1n) is 9.16. The fraction of sp³-hybridized carbons (Fsp3) is 0.350. The normalized spacial score (nSPS) is 15.4. The van der Waals surface area contributed by atoms with Gasteiger partial charge in [-0.2, -0.15) is 4.31 Å². The molecule has 6 nitrogen and oxygen atoms in total. The molecule has 1 fully saturated rings. The lowest BCUT2D eigenvalue weighted by atomic mass is 10.1. The number of aryl methyl sites for hydroxylation is 1. The van der Waals surface area contributed by atoms with Gasteiger partial charge in [0.15, 0.2) is 6.61 Å². The molecule has 1 saturated heterocycles. The third kappa shape index (κ3) is 4.66. The SMILES string of the molecule is CCc1ccccc1OCC(=O)N1CCN(S(=O)(=O)c2cccc(Cl)c2)CC1. The zero-order valence-electron chi connectivity index (χ0n) is 15.7. The Balaban J connectivity index is 1.57. The minimum absolute atomic E-state index is 0.0575. The van der Waals surface area contributed by atoms with Gasteiger partial charge in [-0.3, -0.25) is 4.79 Å². The summed E-state index contributed by atoms with van der Waals surface area (Å²) in [6.07, 6.45) is 0.824. The molecule has 2 aromatic carbocycles. The molecule has 1 aliphatic heterocycles. The minimum Gasteiger partial charge on any atom is -0.483 e. The van der Waals surface area contributed by atoms with E-state index in [0.717, 1.165) is 12.0 Å². The Morgan fingerprint density at radius 2 is 1.79 bits per heavy atom. The lowest BCUT2D eigenvalue weighted by Crippen LogP contribution is -2.51. The molecule has 0 atom stereocenters. The zero-order valence-corrected chi connectivity index (χ0v) is 17.2. The third-order valence-corrected chi connectivity index (χ3v) is 6.86. The van der Waals surface area contributed by atoms with Crippen LogP contribution in [0, 0.1) is 0 Å². The number of halogens is 1. The van der Waals surface area contributed by atoms with Crippen LogP contribution in [0.4, 0.5) is 0 Å². The molecule has 1 amide bonds. The standard InChI is InChI=1S/C20H23ClN2O4S/c1-2-16-6-3-4-9-19(16)27-15-20(24)22-10-12-23(13-11-22)28(25,26)18-8-5-7-17(21)14-18/h3-9,14H,2,10-13,15H2,1H3. The number of carbonyl (C=O) groups is 1. The van der Waals surface area contributed by atoms with Crippen LogP contribution < -0.4 is 4.74 Å². The van der Waals surface area contributed by atoms with Crippen molar-refractivity contribution in [1.82, 2.24) is 9.21 Å². The van der Waals surface area contributed by atoms with Crippen LogP contribution in [0.15, 0.2) is 53.4 Å². The molecule has 0 saturated carbocycles. The maximum absolute atomic E-state index is 12.7. The van der Waals surface area contributed by atoms with Crippen molar-refractivity contribution in [3.8, 4) is 5.75 Å². The van der Waals surface area contributed by atoms with E-state index < -0.39 is 10.0 Å². The zero-order chi connectivity index (χ0) is 20.1. The fourth-order valence-corrected chi connectivity index (χ4v) is 4.85. The number of rotatable bonds is 6. The van der Waals surface area contributed by atoms with E-state index in [0.29, 0.717) is 23.9 Å². The number of amides is 1. The summed E-state index contributed by atoms with van der Waals surface area (Å²) in [5, 5.41) is 0.374. The first kappa shape index (κ1) is 20.6. The summed E-state index contributed by atoms with van der Waals surface area (Å²) in [6, 6.07) is 13.8. The van der Waals surface area contributed by atoms with Gasteiger partial charge in [0.1, 0.15) is 5.75 Å². The Morgan fingerprint density at radius 1 is 1.07 bits per heavy atom. The van der Waals surface area contributed by atoms with Gasteiger partial charge in [0, 0.05) is 31.2 Å². The number of hydrogen-bond acceptors (Lipinski definition) is 4. The van der Waals surface area contributed by atoms with E-state index in [2.05, 4.69) is 0 Å². The molecule has 0 radical (unpaired) electrons. The van der Waals surface area contributed by atoms with E-state index >= 15 is 0 Å². The van der Waals surface area contributed by atoms with E-state index in [1.807, 2.05) is 31.2 Å². The van der Waals surface area contributed by atoms with Gasteiger partial charge in [0.25, 0.3) is 5.91 Å². The Morgan fingerprint density at radius 3 is 2.46 bits per heavy atom. The molecule has 3 rings (SSSR count). The van der Waals surface area contributed by atoms with Gasteiger partial charge in [-0.05, 0) is 36.2 Å². The average Bonchev–Trinajstić information content (AvgIpc) is 2.72. The monoisotopic (exact) mass is 422 g/mol. The van der Waals surface area contributed by atoms with E-state index in [1.165, 1.54) is 16.4 Å². The molecular formula is C20H23ClN2O4S. The molecule has 28 heavy (non-hydrogen) atoms. The average molecular weight is 423 g/mol. The summed E-state index contributed by atoms with van der Waals surface area (Å²) in [5.41, 5.74) is 1.05. The van der Waals surface area contributed by atoms with Crippen molar-refractivity contribution in [2.75, 3.05) is 32.8 Å². The summed E-state index contributed by atoms with van der Waals surface area (Å²) >= 11 is 5.91. The second-order valence-electron chi connectivity index (χ2n) is 6.49. The Bertz CT molecular complexity index is 941. The first-order chi connectivity index (χ1) is 13.4. The van der Waals surface area contributed by atoms with Crippen LogP contribution >= 0.6 is 11.6 Å². The number of carbonyl (C=O) groups excluding carboxylic acids is 1. The summed E-state index contributed by atoms with van der Waals surface area (Å²) in [5.74, 6) is 0.561. The van der Waals surface area contributed by atoms with Gasteiger partial charge in [-0.1, -0.05) is 42.8 Å². The molecule has 0 aliphatic carbocycles. The van der Waals surface area contributed by atoms with Crippen molar-refractivity contribution in [3.05, 3.63) is 59.1 Å². The molecular weight excluding hydrogens is 400 g/mol. The number of para-hydroxylation sites is 1. The number of ether oxygens (including phenoxy) is 1. The third-order valence-electron chi connectivity index (χ3n) is 4.73. The van der Waals surface area contributed by atoms with Gasteiger partial charge < -0.3 is 9.64 Å². The molecule has 2 aromatic rings. The van der Waals surface area contributed by atoms with Crippen molar-refractivity contribution < 1.29 is 17.9 Å². The number of nitrogens with zero attached hydrogens (tertiary/aromatic N) is 2. The van der Waals surface area contributed by atoms with Crippen molar-refractivity contribution >= 4 is 27.5 Å². The summed E-state index contributed by atoms with van der Waals surface area (Å²) < 4.78 is 32.5. The van der Waals surface area contributed by atoms with Crippen molar-refractivity contribution in [2.24, 2.45) is 0 Å². The van der Waals surface area contributed by atoms with Crippen LogP contribution in [0.5, 0.6) is 5.75 Å². The summed E-state index contributed by atoms with van der Waals surface area (Å²) in [4.78, 5) is 14.3. The summed E-state index contributed by atoms with van der Waals surface area (Å²) in [6.45, 7) is 3.12. The number of hydrogen-bond donors (Lipinski definition) is 0. The molecule has 0 aromatic heterocycles. The van der Waals surface area contributed by atoms with Gasteiger partial charge in [0.05, 0.1) is 4.90 Å². The highest BCUT2D eigenvalue weighted by molar-refractivity contribution is 7.89. The van der Waals surface area contributed by atoms with Crippen LogP contribution in [-0.4, -0.2) is 56.3 Å². The molecule has 8 heteroatoms. The Kier molecular flexibility index (Phi) is 6.59. The highest BCUT2D eigenvalue weighted by Gasteiger charge is 2.30. The maximum atomic E-state index is 12.7. The van der Waals surface area contributed by atoms with Crippen LogP contribution in [0.3, 0.4) is 0 Å². The van der Waals surface area contributed by atoms with Gasteiger partial charge in [0.2, 0.25) is 10.0 Å². The molecule has 1 aliphatic rings. The van der Waals surface area contributed by atoms with E-state index in [9.17, 15) is 13.2 Å². The highest BCUT2D eigenvalue weighted by Crippen LogP contribution is 2.21. The number of sulfonamides is 1. The quantitative estimate of drug-likeness (QED) is 0.717. The summed E-state index contributed by atoms with van der Waals surface area (Å²) in [7, 11) is -3.62. The van der Waals surface area contributed by atoms with Gasteiger partial charge >= 0.3 is 0 Å². The van der Waals surface area contributed by atoms with Crippen molar-refractivity contribution in [2.45, 2.75) is 18.2 Å². The maximum Gasteiger partial charge on any atom is 0.260 e. The van der Waals surface area contributed by atoms with Gasteiger partial charge in [-0.15, -0.1) is 0 Å². The number of benzene rings is 2. The Labute approximate surface area is 170 Å². The highest BCUT2D eigenvalue weighted by atomic mass is 35.5. The molecule has 1 heterocycles. The second-order valence-corrected chi connectivity index (χ2v) is 8.87. The Hall–Kier alpha value is -2.09. The topological polar surface area (TPSA) is 66.9 Å². The molecule has 150 valence electrons. The second kappa shape index (κ2) is 8.94. The molecule has 0 unspecified atom stereocenters. The predicted molar refractivity (Wildman–Crippen MR) is 108 cm³/mol. The van der Waals surface area contributed by atoms with E-state index in [-0.39, 0.29) is 30.5 Å². The number of piperazine rings is 1. The lowest BCUT2D eigenvalue weighted by Gasteiger charge is -2.34. The van der Waals surface area contributed by atoms with Crippen LogP contribution in [0.25, 0.3) is 0 Å². The van der Waals surface area contributed by atoms with E-state index in [1.54, 1.807) is 17.0 Å². The van der Waals surface area contributed by atoms with Crippen LogP contribution in [0.1, 0.15) is 12.5 Å². The molecule has 0 spiro atoms. The largest absolute Gasteiger partial charge is 0.483 e. The molecule has 0 N–H and O–H groups in total. The van der Waals surface area contributed by atoms with Crippen molar-refractivity contribution in [3.63, 3.8) is 0 Å². The van der Waals surface area contributed by atoms with Crippen molar-refractivity contribution in [1.29, 1.82) is 0 Å². The predicted octanol–water partition coefficient (Wildman–Crippen LogP) is 2.81. The van der Waals surface area contributed by atoms with E-state index in [4.69, 9.17) is 16.3 Å². The fourth-order valence-electron chi connectivity index (χ4n) is 3.12.